The van der Waals surface area contributed by atoms with Crippen LogP contribution in [-0.4, -0.2) is 0 Å². The molecule has 0 heterocycles. The van der Waals surface area contributed by atoms with Crippen LogP contribution in [0.4, 0.5) is 0 Å². The van der Waals surface area contributed by atoms with Crippen LogP contribution in [0.2, 0.25) is 0 Å². The van der Waals surface area contributed by atoms with E-state index < -0.39 is 0 Å². The molecule has 2 saturated carbocycles. The summed E-state index contributed by atoms with van der Waals surface area (Å²) >= 11 is 0. The van der Waals surface area contributed by atoms with E-state index in [1.165, 1.54) is 51.4 Å². The summed E-state index contributed by atoms with van der Waals surface area (Å²) in [5, 5.41) is 0. The summed E-state index contributed by atoms with van der Waals surface area (Å²) in [6, 6.07) is 0. The van der Waals surface area contributed by atoms with Crippen LogP contribution in [0.25, 0.3) is 0 Å². The molecule has 2 rings (SSSR count). The van der Waals surface area contributed by atoms with Gasteiger partial charge in [0.25, 0.3) is 0 Å². The van der Waals surface area contributed by atoms with Crippen molar-refractivity contribution in [3.8, 4) is 0 Å². The van der Waals surface area contributed by atoms with Gasteiger partial charge in [0.1, 0.15) is 0 Å². The summed E-state index contributed by atoms with van der Waals surface area (Å²) in [5.41, 5.74) is 0. The Morgan fingerprint density at radius 3 is 2.43 bits per heavy atom. The monoisotopic (exact) mass is 371 g/mol. The molecule has 0 spiro atoms. The van der Waals surface area contributed by atoms with E-state index in [0.717, 1.165) is 17.8 Å². The Hall–Kier alpha value is 0.636. The fourth-order valence-electron chi connectivity index (χ4n) is 3.31. The largest absolute Gasteiger partial charge is 1.00 e. The molecule has 83 valence electrons. The minimum absolute atomic E-state index is 0. The zero-order valence-corrected chi connectivity index (χ0v) is 11.9. The molecule has 0 bridgehead atoms. The smallest absolute Gasteiger partial charge is 0.328 e. The molecule has 14 heavy (non-hydrogen) atoms. The van der Waals surface area contributed by atoms with Crippen LogP contribution in [0.15, 0.2) is 0 Å². The average Bonchev–Trinajstić information content (AvgIpc) is 2.19. The van der Waals surface area contributed by atoms with E-state index in [-0.39, 0.29) is 19.8 Å². The second-order valence-corrected chi connectivity index (χ2v) is 5.25. The fourth-order valence-corrected chi connectivity index (χ4v) is 3.31. The first-order valence-electron chi connectivity index (χ1n) is 6.18. The van der Waals surface area contributed by atoms with Gasteiger partial charge in [-0.25, -0.2) is 0 Å². The predicted molar refractivity (Wildman–Crippen MR) is 57.4 cm³/mol. The summed E-state index contributed by atoms with van der Waals surface area (Å²) in [4.78, 5) is 0. The third-order valence-corrected chi connectivity index (χ3v) is 4.10. The molecule has 0 amide bonds. The summed E-state index contributed by atoms with van der Waals surface area (Å²) in [5.74, 6) is 3.16. The normalized spacial score (nSPS) is 38.8. The fraction of sp³-hybridized carbons (Fsp3) is 0.923. The molecule has 2 aliphatic rings. The van der Waals surface area contributed by atoms with Crippen molar-refractivity contribution in [3.05, 3.63) is 6.42 Å². The molecule has 3 unspecified atom stereocenters. The van der Waals surface area contributed by atoms with Crippen molar-refractivity contribution in [2.45, 2.75) is 58.3 Å². The molecule has 1 heteroatoms. The van der Waals surface area contributed by atoms with Crippen molar-refractivity contribution in [1.29, 1.82) is 0 Å². The second kappa shape index (κ2) is 6.27. The molecule has 2 aliphatic carbocycles. The molecular weight excluding hydrogens is 346 g/mol. The van der Waals surface area contributed by atoms with Gasteiger partial charge in [-0.2, -0.15) is 12.8 Å². The van der Waals surface area contributed by atoms with Crippen LogP contribution >= 0.6 is 0 Å². The Kier molecular flexibility index (Phi) is 5.69. The standard InChI is InChI=1S/C13H23.Os/c1-11-6-5-9-13(10-11)12-7-3-2-4-8-12;/h3,11-13H,2,4-10H2,1H3;/q-1;+1. The summed E-state index contributed by atoms with van der Waals surface area (Å²) in [6.07, 6.45) is 14.4. The van der Waals surface area contributed by atoms with Crippen molar-refractivity contribution in [2.75, 3.05) is 0 Å². The van der Waals surface area contributed by atoms with Crippen molar-refractivity contribution in [2.24, 2.45) is 17.8 Å². The molecule has 0 saturated heterocycles. The van der Waals surface area contributed by atoms with Gasteiger partial charge in [-0.1, -0.05) is 44.9 Å². The van der Waals surface area contributed by atoms with Gasteiger partial charge in [0, 0.05) is 0 Å². The molecule has 0 aliphatic heterocycles. The molecule has 0 nitrogen and oxygen atoms in total. The van der Waals surface area contributed by atoms with Crippen molar-refractivity contribution >= 4 is 0 Å². The first-order valence-corrected chi connectivity index (χ1v) is 6.18. The van der Waals surface area contributed by atoms with E-state index in [2.05, 4.69) is 13.3 Å². The van der Waals surface area contributed by atoms with E-state index in [1.807, 2.05) is 0 Å². The minimum atomic E-state index is 0. The number of rotatable bonds is 1. The summed E-state index contributed by atoms with van der Waals surface area (Å²) in [7, 11) is 0. The Morgan fingerprint density at radius 2 is 1.79 bits per heavy atom. The topological polar surface area (TPSA) is 0 Å². The Labute approximate surface area is 102 Å². The predicted octanol–water partition coefficient (Wildman–Crippen LogP) is 4.20. The third-order valence-electron chi connectivity index (χ3n) is 4.10. The maximum Gasteiger partial charge on any atom is 1.00 e. The van der Waals surface area contributed by atoms with Crippen LogP contribution in [0.1, 0.15) is 58.3 Å². The SMILES string of the molecule is CC1CCCC(C2C[CH-]CCC2)C1.[Os+]. The van der Waals surface area contributed by atoms with Gasteiger partial charge in [-0.15, -0.1) is 0 Å². The van der Waals surface area contributed by atoms with Gasteiger partial charge in [0.2, 0.25) is 0 Å². The van der Waals surface area contributed by atoms with E-state index in [0.29, 0.717) is 0 Å². The van der Waals surface area contributed by atoms with E-state index in [1.54, 1.807) is 0 Å². The van der Waals surface area contributed by atoms with Crippen LogP contribution in [0.5, 0.6) is 0 Å². The molecule has 3 atom stereocenters. The summed E-state index contributed by atoms with van der Waals surface area (Å²) < 4.78 is 0. The first-order chi connectivity index (χ1) is 6.36. The van der Waals surface area contributed by atoms with Crippen LogP contribution < -0.4 is 0 Å². The molecular formula is C13H23Os. The van der Waals surface area contributed by atoms with Gasteiger partial charge in [0.15, 0.2) is 0 Å². The van der Waals surface area contributed by atoms with Crippen LogP contribution in [-0.2, 0) is 19.8 Å². The van der Waals surface area contributed by atoms with E-state index in [9.17, 15) is 0 Å². The Morgan fingerprint density at radius 1 is 1.00 bits per heavy atom. The van der Waals surface area contributed by atoms with Crippen molar-refractivity contribution in [1.82, 2.24) is 0 Å². The maximum atomic E-state index is 2.54. The van der Waals surface area contributed by atoms with E-state index >= 15 is 0 Å². The molecule has 0 N–H and O–H groups in total. The van der Waals surface area contributed by atoms with Gasteiger partial charge in [-0.05, 0) is 18.3 Å². The van der Waals surface area contributed by atoms with Gasteiger partial charge in [-0.3, -0.25) is 0 Å². The maximum absolute atomic E-state index is 2.54. The molecule has 2 fully saturated rings. The van der Waals surface area contributed by atoms with Gasteiger partial charge < -0.3 is 6.42 Å². The van der Waals surface area contributed by atoms with E-state index in [4.69, 9.17) is 0 Å². The van der Waals surface area contributed by atoms with Crippen molar-refractivity contribution < 1.29 is 19.8 Å². The van der Waals surface area contributed by atoms with Gasteiger partial charge in [0.05, 0.1) is 0 Å². The third kappa shape index (κ3) is 3.34. The second-order valence-electron chi connectivity index (χ2n) is 5.25. The number of hydrogen-bond donors (Lipinski definition) is 0. The van der Waals surface area contributed by atoms with Gasteiger partial charge >= 0.3 is 19.8 Å². The Bertz CT molecular complexity index is 149. The summed E-state index contributed by atoms with van der Waals surface area (Å²) in [6.45, 7) is 2.44. The zero-order chi connectivity index (χ0) is 9.10. The molecule has 1 radical (unpaired) electrons. The zero-order valence-electron chi connectivity index (χ0n) is 9.32. The van der Waals surface area contributed by atoms with Crippen molar-refractivity contribution in [3.63, 3.8) is 0 Å². The Balaban J connectivity index is 0.000000980. The average molecular weight is 370 g/mol. The first kappa shape index (κ1) is 12.7. The molecule has 0 aromatic carbocycles. The molecule has 0 aromatic rings. The number of hydrogen-bond acceptors (Lipinski definition) is 0. The van der Waals surface area contributed by atoms with Crippen LogP contribution in [0, 0.1) is 24.2 Å². The minimum Gasteiger partial charge on any atom is -0.328 e. The molecule has 0 aromatic heterocycles. The quantitative estimate of drug-likeness (QED) is 0.608. The van der Waals surface area contributed by atoms with Crippen LogP contribution in [0.3, 0.4) is 0 Å².